The fourth-order valence-corrected chi connectivity index (χ4v) is 3.27. The summed E-state index contributed by atoms with van der Waals surface area (Å²) >= 11 is 0. The predicted molar refractivity (Wildman–Crippen MR) is 93.4 cm³/mol. The molecule has 1 aromatic heterocycles. The number of hydrogen-bond acceptors (Lipinski definition) is 4. The topological polar surface area (TPSA) is 59.2 Å². The summed E-state index contributed by atoms with van der Waals surface area (Å²) in [6, 6.07) is 14.0. The standard InChI is InChI=1S/C20H18FN3O2/c1-13-5-4-7-14(11-13)19-22-20(26-23-19)17-9-10-18(25)24(17)12-15-6-2-3-8-16(15)21/h2-8,11,17H,9-10,12H2,1H3. The molecular weight excluding hydrogens is 333 g/mol. The van der Waals surface area contributed by atoms with Gasteiger partial charge in [-0.3, -0.25) is 4.79 Å². The van der Waals surface area contributed by atoms with Gasteiger partial charge in [0.15, 0.2) is 0 Å². The summed E-state index contributed by atoms with van der Waals surface area (Å²) in [5.41, 5.74) is 2.45. The number of hydrogen-bond donors (Lipinski definition) is 0. The highest BCUT2D eigenvalue weighted by Gasteiger charge is 2.36. The van der Waals surface area contributed by atoms with Gasteiger partial charge in [-0.15, -0.1) is 0 Å². The molecule has 0 saturated carbocycles. The van der Waals surface area contributed by atoms with Gasteiger partial charge in [0, 0.05) is 24.1 Å². The van der Waals surface area contributed by atoms with Crippen LogP contribution in [-0.4, -0.2) is 20.9 Å². The Morgan fingerprint density at radius 2 is 2.08 bits per heavy atom. The summed E-state index contributed by atoms with van der Waals surface area (Å²) in [6.45, 7) is 2.19. The molecule has 4 rings (SSSR count). The number of amides is 1. The van der Waals surface area contributed by atoms with E-state index in [0.29, 0.717) is 30.1 Å². The predicted octanol–water partition coefficient (Wildman–Crippen LogP) is 4.05. The third-order valence-electron chi connectivity index (χ3n) is 4.63. The van der Waals surface area contributed by atoms with Crippen molar-refractivity contribution in [2.75, 3.05) is 0 Å². The van der Waals surface area contributed by atoms with E-state index in [1.807, 2.05) is 31.2 Å². The largest absolute Gasteiger partial charge is 0.337 e. The Hall–Kier alpha value is -3.02. The molecule has 0 aliphatic carbocycles. The second-order valence-corrected chi connectivity index (χ2v) is 6.49. The smallest absolute Gasteiger partial charge is 0.249 e. The Labute approximate surface area is 150 Å². The number of carbonyl (C=O) groups excluding carboxylic acids is 1. The van der Waals surface area contributed by atoms with Crippen molar-refractivity contribution in [3.05, 3.63) is 71.4 Å². The van der Waals surface area contributed by atoms with Crippen LogP contribution in [0.15, 0.2) is 53.1 Å². The quantitative estimate of drug-likeness (QED) is 0.711. The first-order valence-electron chi connectivity index (χ1n) is 8.55. The molecule has 132 valence electrons. The third-order valence-corrected chi connectivity index (χ3v) is 4.63. The van der Waals surface area contributed by atoms with Gasteiger partial charge >= 0.3 is 0 Å². The van der Waals surface area contributed by atoms with Crippen molar-refractivity contribution in [1.82, 2.24) is 15.0 Å². The molecule has 1 aliphatic heterocycles. The van der Waals surface area contributed by atoms with Crippen molar-refractivity contribution in [3.63, 3.8) is 0 Å². The minimum Gasteiger partial charge on any atom is -0.337 e. The van der Waals surface area contributed by atoms with Crippen LogP contribution in [-0.2, 0) is 11.3 Å². The molecule has 2 heterocycles. The summed E-state index contributed by atoms with van der Waals surface area (Å²) in [5, 5.41) is 4.06. The Balaban J connectivity index is 1.60. The van der Waals surface area contributed by atoms with Crippen molar-refractivity contribution < 1.29 is 13.7 Å². The van der Waals surface area contributed by atoms with E-state index >= 15 is 0 Å². The molecule has 0 N–H and O–H groups in total. The van der Waals surface area contributed by atoms with Gasteiger partial charge in [-0.25, -0.2) is 4.39 Å². The summed E-state index contributed by atoms with van der Waals surface area (Å²) in [6.07, 6.45) is 0.976. The molecule has 0 radical (unpaired) electrons. The average Bonchev–Trinajstić information content (AvgIpc) is 3.25. The Morgan fingerprint density at radius 1 is 1.23 bits per heavy atom. The molecule has 1 saturated heterocycles. The maximum atomic E-state index is 14.0. The fourth-order valence-electron chi connectivity index (χ4n) is 3.27. The number of benzene rings is 2. The highest BCUT2D eigenvalue weighted by Crippen LogP contribution is 2.34. The summed E-state index contributed by atoms with van der Waals surface area (Å²) in [7, 11) is 0. The lowest BCUT2D eigenvalue weighted by atomic mass is 10.1. The first-order chi connectivity index (χ1) is 12.6. The van der Waals surface area contributed by atoms with E-state index in [1.165, 1.54) is 6.07 Å². The number of halogens is 1. The van der Waals surface area contributed by atoms with Crippen LogP contribution in [0.3, 0.4) is 0 Å². The molecule has 0 bridgehead atoms. The molecule has 2 aromatic carbocycles. The maximum absolute atomic E-state index is 14.0. The van der Waals surface area contributed by atoms with Gasteiger partial charge in [0.1, 0.15) is 11.9 Å². The Morgan fingerprint density at radius 3 is 2.88 bits per heavy atom. The lowest BCUT2D eigenvalue weighted by Gasteiger charge is -2.22. The molecular formula is C20H18FN3O2. The van der Waals surface area contributed by atoms with Gasteiger partial charge in [0.25, 0.3) is 0 Å². The van der Waals surface area contributed by atoms with E-state index in [9.17, 15) is 9.18 Å². The first-order valence-corrected chi connectivity index (χ1v) is 8.55. The Kier molecular flexibility index (Phi) is 4.24. The number of likely N-dealkylation sites (tertiary alicyclic amines) is 1. The highest BCUT2D eigenvalue weighted by molar-refractivity contribution is 5.78. The fraction of sp³-hybridized carbons (Fsp3) is 0.250. The molecule has 5 nitrogen and oxygen atoms in total. The molecule has 1 aliphatic rings. The summed E-state index contributed by atoms with van der Waals surface area (Å²) in [4.78, 5) is 18.4. The number of carbonyl (C=O) groups is 1. The lowest BCUT2D eigenvalue weighted by molar-refractivity contribution is -0.130. The number of nitrogens with zero attached hydrogens (tertiary/aromatic N) is 3. The SMILES string of the molecule is Cc1cccc(-c2noc(C3CCC(=O)N3Cc3ccccc3F)n2)c1. The van der Waals surface area contributed by atoms with Crippen LogP contribution in [0, 0.1) is 12.7 Å². The molecule has 26 heavy (non-hydrogen) atoms. The minimum atomic E-state index is -0.326. The molecule has 1 unspecified atom stereocenters. The second-order valence-electron chi connectivity index (χ2n) is 6.49. The van der Waals surface area contributed by atoms with Crippen LogP contribution in [0.1, 0.15) is 35.9 Å². The van der Waals surface area contributed by atoms with Crippen LogP contribution in [0.5, 0.6) is 0 Å². The van der Waals surface area contributed by atoms with E-state index in [-0.39, 0.29) is 24.3 Å². The van der Waals surface area contributed by atoms with Crippen LogP contribution in [0.4, 0.5) is 4.39 Å². The van der Waals surface area contributed by atoms with Crippen LogP contribution < -0.4 is 0 Å². The average molecular weight is 351 g/mol. The summed E-state index contributed by atoms with van der Waals surface area (Å²) < 4.78 is 19.4. The highest BCUT2D eigenvalue weighted by atomic mass is 19.1. The molecule has 0 spiro atoms. The second kappa shape index (κ2) is 6.71. The Bertz CT molecular complexity index is 953. The van der Waals surface area contributed by atoms with Gasteiger partial charge in [-0.2, -0.15) is 4.98 Å². The van der Waals surface area contributed by atoms with Gasteiger partial charge in [-0.05, 0) is 25.5 Å². The van der Waals surface area contributed by atoms with Crippen molar-refractivity contribution >= 4 is 5.91 Å². The normalized spacial score (nSPS) is 17.1. The minimum absolute atomic E-state index is 0.0337. The molecule has 3 aromatic rings. The number of aryl methyl sites for hydroxylation is 1. The van der Waals surface area contributed by atoms with Gasteiger partial charge < -0.3 is 9.42 Å². The van der Waals surface area contributed by atoms with Crippen LogP contribution in [0.25, 0.3) is 11.4 Å². The van der Waals surface area contributed by atoms with Crippen molar-refractivity contribution in [1.29, 1.82) is 0 Å². The van der Waals surface area contributed by atoms with Crippen LogP contribution >= 0.6 is 0 Å². The van der Waals surface area contributed by atoms with E-state index in [1.54, 1.807) is 23.1 Å². The van der Waals surface area contributed by atoms with Gasteiger partial charge in [0.2, 0.25) is 17.6 Å². The molecule has 6 heteroatoms. The first kappa shape index (κ1) is 16.4. The zero-order valence-corrected chi connectivity index (χ0v) is 14.4. The van der Waals surface area contributed by atoms with E-state index in [0.717, 1.165) is 11.1 Å². The van der Waals surface area contributed by atoms with Gasteiger partial charge in [0.05, 0.1) is 0 Å². The third kappa shape index (κ3) is 3.10. The summed E-state index contributed by atoms with van der Waals surface area (Å²) in [5.74, 6) is 0.531. The van der Waals surface area contributed by atoms with Crippen LogP contribution in [0.2, 0.25) is 0 Å². The van der Waals surface area contributed by atoms with E-state index in [4.69, 9.17) is 4.52 Å². The monoisotopic (exact) mass is 351 g/mol. The zero-order valence-electron chi connectivity index (χ0n) is 14.4. The van der Waals surface area contributed by atoms with Crippen molar-refractivity contribution in [2.45, 2.75) is 32.4 Å². The van der Waals surface area contributed by atoms with Gasteiger partial charge in [-0.1, -0.05) is 47.1 Å². The van der Waals surface area contributed by atoms with Crippen molar-refractivity contribution in [2.24, 2.45) is 0 Å². The number of rotatable bonds is 4. The maximum Gasteiger partial charge on any atom is 0.249 e. The number of aromatic nitrogens is 2. The van der Waals surface area contributed by atoms with E-state index < -0.39 is 0 Å². The van der Waals surface area contributed by atoms with E-state index in [2.05, 4.69) is 10.1 Å². The van der Waals surface area contributed by atoms with Crippen molar-refractivity contribution in [3.8, 4) is 11.4 Å². The molecule has 1 amide bonds. The molecule has 1 atom stereocenters. The molecule has 1 fully saturated rings. The lowest BCUT2D eigenvalue weighted by Crippen LogP contribution is -2.27. The zero-order chi connectivity index (χ0) is 18.1.